The second-order valence-corrected chi connectivity index (χ2v) is 5.06. The van der Waals surface area contributed by atoms with Crippen LogP contribution in [0.1, 0.15) is 36.8 Å². The van der Waals surface area contributed by atoms with Gasteiger partial charge in [-0.1, -0.05) is 6.42 Å². The molecule has 1 aromatic carbocycles. The predicted octanol–water partition coefficient (Wildman–Crippen LogP) is 3.33. The van der Waals surface area contributed by atoms with Gasteiger partial charge in [-0.2, -0.15) is 0 Å². The van der Waals surface area contributed by atoms with Gasteiger partial charge in [0.1, 0.15) is 11.5 Å². The van der Waals surface area contributed by atoms with Crippen molar-refractivity contribution in [2.24, 2.45) is 0 Å². The van der Waals surface area contributed by atoms with Gasteiger partial charge < -0.3 is 14.8 Å². The van der Waals surface area contributed by atoms with E-state index in [2.05, 4.69) is 5.32 Å². The first-order valence-corrected chi connectivity index (χ1v) is 6.92. The van der Waals surface area contributed by atoms with Crippen molar-refractivity contribution in [1.82, 2.24) is 5.32 Å². The van der Waals surface area contributed by atoms with Crippen molar-refractivity contribution in [2.75, 3.05) is 20.8 Å². The maximum Gasteiger partial charge on any atom is 0.267 e. The molecule has 0 bridgehead atoms. The van der Waals surface area contributed by atoms with Crippen LogP contribution in [0, 0.1) is 0 Å². The molecule has 112 valence electrons. The van der Waals surface area contributed by atoms with Crippen molar-refractivity contribution in [3.05, 3.63) is 23.3 Å². The lowest BCUT2D eigenvalue weighted by Gasteiger charge is -2.24. The molecule has 20 heavy (non-hydrogen) atoms. The number of alkyl halides is 2. The first kappa shape index (κ1) is 15.0. The number of ether oxygens (including phenoxy) is 2. The molecule has 1 saturated heterocycles. The molecular weight excluding hydrogens is 264 g/mol. The second kappa shape index (κ2) is 6.88. The van der Waals surface area contributed by atoms with E-state index in [9.17, 15) is 8.78 Å². The predicted molar refractivity (Wildman–Crippen MR) is 73.8 cm³/mol. The third-order valence-corrected chi connectivity index (χ3v) is 3.75. The lowest BCUT2D eigenvalue weighted by atomic mass is 9.96. The van der Waals surface area contributed by atoms with Crippen LogP contribution in [0.15, 0.2) is 12.1 Å². The molecule has 0 aliphatic carbocycles. The molecule has 1 heterocycles. The lowest BCUT2D eigenvalue weighted by Crippen LogP contribution is -2.35. The number of hydrogen-bond donors (Lipinski definition) is 1. The number of nitrogens with one attached hydrogen (secondary N) is 1. The smallest absolute Gasteiger partial charge is 0.267 e. The van der Waals surface area contributed by atoms with E-state index in [1.807, 2.05) is 0 Å². The van der Waals surface area contributed by atoms with Crippen LogP contribution in [0.3, 0.4) is 0 Å². The van der Waals surface area contributed by atoms with Crippen molar-refractivity contribution < 1.29 is 18.3 Å². The van der Waals surface area contributed by atoms with E-state index >= 15 is 0 Å². The first-order chi connectivity index (χ1) is 9.65. The first-order valence-electron chi connectivity index (χ1n) is 6.92. The van der Waals surface area contributed by atoms with Gasteiger partial charge >= 0.3 is 0 Å². The van der Waals surface area contributed by atoms with Gasteiger partial charge in [0, 0.05) is 6.04 Å². The fourth-order valence-corrected chi connectivity index (χ4v) is 2.68. The molecule has 0 saturated carbocycles. The Kier molecular flexibility index (Phi) is 5.17. The molecular formula is C15H21F2NO2. The Hall–Kier alpha value is -1.36. The molecule has 1 aliphatic rings. The molecule has 1 aliphatic heterocycles. The Morgan fingerprint density at radius 3 is 2.50 bits per heavy atom. The average molecular weight is 285 g/mol. The van der Waals surface area contributed by atoms with Crippen LogP contribution < -0.4 is 14.8 Å². The van der Waals surface area contributed by atoms with Gasteiger partial charge in [-0.15, -0.1) is 0 Å². The molecule has 1 aromatic rings. The summed E-state index contributed by atoms with van der Waals surface area (Å²) in [6, 6.07) is 3.44. The highest BCUT2D eigenvalue weighted by Crippen LogP contribution is 2.35. The minimum absolute atomic E-state index is 0.121. The SMILES string of the molecule is COc1cc(C(F)F)c(OC)cc1CC1CCCCN1. The Bertz CT molecular complexity index is 446. The van der Waals surface area contributed by atoms with Gasteiger partial charge in [0.2, 0.25) is 0 Å². The molecule has 2 rings (SSSR count). The van der Waals surface area contributed by atoms with E-state index in [1.54, 1.807) is 6.07 Å². The molecule has 3 nitrogen and oxygen atoms in total. The second-order valence-electron chi connectivity index (χ2n) is 5.06. The summed E-state index contributed by atoms with van der Waals surface area (Å²) in [4.78, 5) is 0. The van der Waals surface area contributed by atoms with E-state index in [4.69, 9.17) is 9.47 Å². The highest BCUT2D eigenvalue weighted by Gasteiger charge is 2.21. The standard InChI is InChI=1S/C15H21F2NO2/c1-19-13-9-12(15(16)17)14(20-2)8-10(13)7-11-5-3-4-6-18-11/h8-9,11,15,18H,3-7H2,1-2H3. The van der Waals surface area contributed by atoms with E-state index in [0.29, 0.717) is 11.8 Å². The monoisotopic (exact) mass is 285 g/mol. The molecule has 5 heteroatoms. The quantitative estimate of drug-likeness (QED) is 0.900. The van der Waals surface area contributed by atoms with Gasteiger partial charge in [-0.25, -0.2) is 8.78 Å². The lowest BCUT2D eigenvalue weighted by molar-refractivity contribution is 0.146. The minimum Gasteiger partial charge on any atom is -0.496 e. The summed E-state index contributed by atoms with van der Waals surface area (Å²) >= 11 is 0. The summed E-state index contributed by atoms with van der Waals surface area (Å²) in [6.07, 6.45) is 1.69. The molecule has 1 fully saturated rings. The summed E-state index contributed by atoms with van der Waals surface area (Å²) in [5, 5.41) is 3.45. The van der Waals surface area contributed by atoms with E-state index < -0.39 is 6.43 Å². The largest absolute Gasteiger partial charge is 0.496 e. The topological polar surface area (TPSA) is 30.5 Å². The molecule has 1 unspecified atom stereocenters. The summed E-state index contributed by atoms with van der Waals surface area (Å²) in [5.41, 5.74) is 0.790. The van der Waals surface area contributed by atoms with Crippen molar-refractivity contribution in [1.29, 1.82) is 0 Å². The zero-order valence-electron chi connectivity index (χ0n) is 11.9. The zero-order valence-corrected chi connectivity index (χ0v) is 11.9. The Morgan fingerprint density at radius 1 is 1.20 bits per heavy atom. The summed E-state index contributed by atoms with van der Waals surface area (Å²) in [6.45, 7) is 1.01. The fraction of sp³-hybridized carbons (Fsp3) is 0.600. The van der Waals surface area contributed by atoms with Crippen LogP contribution >= 0.6 is 0 Å². The van der Waals surface area contributed by atoms with Gasteiger partial charge in [0.15, 0.2) is 0 Å². The van der Waals surface area contributed by atoms with Crippen molar-refractivity contribution in [2.45, 2.75) is 38.2 Å². The number of piperidine rings is 1. The minimum atomic E-state index is -2.57. The van der Waals surface area contributed by atoms with Crippen LogP contribution in [0.25, 0.3) is 0 Å². The zero-order chi connectivity index (χ0) is 14.5. The molecule has 0 radical (unpaired) electrons. The van der Waals surface area contributed by atoms with Crippen molar-refractivity contribution in [3.8, 4) is 11.5 Å². The highest BCUT2D eigenvalue weighted by molar-refractivity contribution is 5.47. The van der Waals surface area contributed by atoms with Gasteiger partial charge in [0.05, 0.1) is 19.8 Å². The van der Waals surface area contributed by atoms with Gasteiger partial charge in [-0.05, 0) is 43.5 Å². The summed E-state index contributed by atoms with van der Waals surface area (Å²) in [5.74, 6) is 0.736. The van der Waals surface area contributed by atoms with Gasteiger partial charge in [0.25, 0.3) is 6.43 Å². The highest BCUT2D eigenvalue weighted by atomic mass is 19.3. The number of halogens is 2. The Balaban J connectivity index is 2.26. The molecule has 1 atom stereocenters. The van der Waals surface area contributed by atoms with E-state index in [1.165, 1.54) is 33.1 Å². The van der Waals surface area contributed by atoms with Crippen LogP contribution in [0.4, 0.5) is 8.78 Å². The molecule has 1 N–H and O–H groups in total. The van der Waals surface area contributed by atoms with E-state index in [-0.39, 0.29) is 11.3 Å². The number of benzene rings is 1. The van der Waals surface area contributed by atoms with Gasteiger partial charge in [-0.3, -0.25) is 0 Å². The number of rotatable bonds is 5. The Morgan fingerprint density at radius 2 is 1.95 bits per heavy atom. The van der Waals surface area contributed by atoms with Crippen molar-refractivity contribution in [3.63, 3.8) is 0 Å². The Labute approximate surface area is 118 Å². The maximum absolute atomic E-state index is 13.0. The summed E-state index contributed by atoms with van der Waals surface area (Å²) < 4.78 is 36.3. The van der Waals surface area contributed by atoms with Crippen molar-refractivity contribution >= 4 is 0 Å². The van der Waals surface area contributed by atoms with Crippen LogP contribution in [-0.4, -0.2) is 26.8 Å². The third kappa shape index (κ3) is 3.39. The third-order valence-electron chi connectivity index (χ3n) is 3.75. The molecule has 0 spiro atoms. The van der Waals surface area contributed by atoms with Crippen LogP contribution in [0.5, 0.6) is 11.5 Å². The normalized spacial score (nSPS) is 19.1. The average Bonchev–Trinajstić information content (AvgIpc) is 2.47. The maximum atomic E-state index is 13.0. The van der Waals surface area contributed by atoms with Crippen LogP contribution in [0.2, 0.25) is 0 Å². The summed E-state index contributed by atoms with van der Waals surface area (Å²) in [7, 11) is 2.92. The molecule has 0 amide bonds. The van der Waals surface area contributed by atoms with Crippen LogP contribution in [-0.2, 0) is 6.42 Å². The van der Waals surface area contributed by atoms with E-state index in [0.717, 1.165) is 24.9 Å². The number of hydrogen-bond acceptors (Lipinski definition) is 3. The molecule has 0 aromatic heterocycles. The number of methoxy groups -OCH3 is 2. The fourth-order valence-electron chi connectivity index (χ4n) is 2.68.